The third kappa shape index (κ3) is 6.38. The first-order valence-electron chi connectivity index (χ1n) is 12.5. The molecule has 1 atom stereocenters. The fourth-order valence-corrected chi connectivity index (χ4v) is 5.45. The van der Waals surface area contributed by atoms with Gasteiger partial charge in [0, 0.05) is 10.9 Å². The number of rotatable bonds is 9. The maximum absolute atomic E-state index is 14.0. The molecule has 0 bridgehead atoms. The van der Waals surface area contributed by atoms with Crippen molar-refractivity contribution in [3.8, 4) is 5.75 Å². The molecule has 194 valence electrons. The van der Waals surface area contributed by atoms with Gasteiger partial charge in [0.15, 0.2) is 0 Å². The zero-order valence-electron chi connectivity index (χ0n) is 21.1. The fourth-order valence-electron chi connectivity index (χ4n) is 4.76. The summed E-state index contributed by atoms with van der Waals surface area (Å²) in [6.45, 7) is 0. The number of carbonyl (C=O) groups excluding carboxylic acids is 3. The second kappa shape index (κ2) is 12.5. The molecule has 4 rings (SSSR count). The predicted octanol–water partition coefficient (Wildman–Crippen LogP) is 5.31. The Kier molecular flexibility index (Phi) is 8.95. The summed E-state index contributed by atoms with van der Waals surface area (Å²) in [5, 5.41) is 5.13. The van der Waals surface area contributed by atoms with Gasteiger partial charge in [0.1, 0.15) is 11.8 Å². The SMILES string of the molecule is COC(=O)c1ccc([C@@H](C(=O)NC2CCCCC2)N(C(=O)Cc2cccs2)c2ccccc2OC)cc1. The van der Waals surface area contributed by atoms with Crippen LogP contribution in [0.1, 0.15) is 58.9 Å². The van der Waals surface area contributed by atoms with E-state index in [4.69, 9.17) is 9.47 Å². The Morgan fingerprint density at radius 3 is 2.35 bits per heavy atom. The molecule has 1 saturated carbocycles. The first kappa shape index (κ1) is 26.4. The quantitative estimate of drug-likeness (QED) is 0.387. The zero-order valence-corrected chi connectivity index (χ0v) is 22.0. The van der Waals surface area contributed by atoms with Crippen LogP contribution in [0.5, 0.6) is 5.75 Å². The van der Waals surface area contributed by atoms with E-state index in [1.807, 2.05) is 29.6 Å². The zero-order chi connectivity index (χ0) is 26.2. The number of benzene rings is 2. The average molecular weight is 521 g/mol. The van der Waals surface area contributed by atoms with Crippen LogP contribution in [0.2, 0.25) is 0 Å². The number of carbonyl (C=O) groups is 3. The van der Waals surface area contributed by atoms with Crippen LogP contribution in [0.3, 0.4) is 0 Å². The minimum atomic E-state index is -0.961. The number of nitrogens with one attached hydrogen (secondary N) is 1. The van der Waals surface area contributed by atoms with Crippen LogP contribution in [0.4, 0.5) is 5.69 Å². The van der Waals surface area contributed by atoms with Gasteiger partial charge in [-0.3, -0.25) is 14.5 Å². The second-order valence-electron chi connectivity index (χ2n) is 9.05. The molecule has 2 aromatic carbocycles. The lowest BCUT2D eigenvalue weighted by Crippen LogP contribution is -2.47. The molecule has 1 aromatic heterocycles. The summed E-state index contributed by atoms with van der Waals surface area (Å²) in [5.74, 6) is -0.468. The van der Waals surface area contributed by atoms with Gasteiger partial charge in [0.25, 0.3) is 0 Å². The minimum Gasteiger partial charge on any atom is -0.495 e. The highest BCUT2D eigenvalue weighted by Crippen LogP contribution is 2.36. The van der Waals surface area contributed by atoms with Gasteiger partial charge in [0.2, 0.25) is 11.8 Å². The van der Waals surface area contributed by atoms with E-state index in [1.54, 1.807) is 43.5 Å². The number of amides is 2. The highest BCUT2D eigenvalue weighted by atomic mass is 32.1. The maximum Gasteiger partial charge on any atom is 0.337 e. The van der Waals surface area contributed by atoms with Crippen LogP contribution >= 0.6 is 11.3 Å². The molecule has 1 aliphatic rings. The lowest BCUT2D eigenvalue weighted by Gasteiger charge is -2.34. The van der Waals surface area contributed by atoms with Crippen molar-refractivity contribution in [2.24, 2.45) is 0 Å². The monoisotopic (exact) mass is 520 g/mol. The van der Waals surface area contributed by atoms with Crippen LogP contribution < -0.4 is 15.0 Å². The molecule has 1 fully saturated rings. The van der Waals surface area contributed by atoms with Gasteiger partial charge < -0.3 is 14.8 Å². The summed E-state index contributed by atoms with van der Waals surface area (Å²) in [4.78, 5) is 42.4. The Bertz CT molecular complexity index is 1200. The summed E-state index contributed by atoms with van der Waals surface area (Å²) in [6, 6.07) is 16.8. The number of ether oxygens (including phenoxy) is 2. The van der Waals surface area contributed by atoms with E-state index < -0.39 is 12.0 Å². The molecule has 0 unspecified atom stereocenters. The number of methoxy groups -OCH3 is 2. The normalized spacial score (nSPS) is 14.4. The van der Waals surface area contributed by atoms with Crippen molar-refractivity contribution >= 4 is 34.8 Å². The molecule has 0 aliphatic heterocycles. The van der Waals surface area contributed by atoms with Crippen molar-refractivity contribution in [2.75, 3.05) is 19.1 Å². The minimum absolute atomic E-state index is 0.0602. The van der Waals surface area contributed by atoms with Crippen molar-refractivity contribution in [2.45, 2.75) is 50.6 Å². The van der Waals surface area contributed by atoms with Crippen LogP contribution in [-0.4, -0.2) is 38.0 Å². The molecule has 1 heterocycles. The van der Waals surface area contributed by atoms with Gasteiger partial charge in [-0.25, -0.2) is 4.79 Å². The molecule has 0 spiro atoms. The number of nitrogens with zero attached hydrogens (tertiary/aromatic N) is 1. The topological polar surface area (TPSA) is 84.9 Å². The van der Waals surface area contributed by atoms with E-state index in [0.717, 1.165) is 37.0 Å². The summed E-state index contributed by atoms with van der Waals surface area (Å²) < 4.78 is 10.4. The van der Waals surface area contributed by atoms with Gasteiger partial charge in [0.05, 0.1) is 31.9 Å². The smallest absolute Gasteiger partial charge is 0.337 e. The van der Waals surface area contributed by atoms with Crippen molar-refractivity contribution in [3.05, 3.63) is 82.0 Å². The highest BCUT2D eigenvalue weighted by Gasteiger charge is 2.35. The predicted molar refractivity (Wildman–Crippen MR) is 144 cm³/mol. The average Bonchev–Trinajstić information content (AvgIpc) is 3.44. The lowest BCUT2D eigenvalue weighted by molar-refractivity contribution is -0.127. The van der Waals surface area contributed by atoms with Gasteiger partial charge in [-0.1, -0.05) is 49.6 Å². The van der Waals surface area contributed by atoms with E-state index in [9.17, 15) is 14.4 Å². The maximum atomic E-state index is 14.0. The fraction of sp³-hybridized carbons (Fsp3) is 0.345. The Balaban J connectivity index is 1.79. The van der Waals surface area contributed by atoms with Crippen molar-refractivity contribution in [1.29, 1.82) is 0 Å². The van der Waals surface area contributed by atoms with E-state index in [0.29, 0.717) is 22.6 Å². The summed E-state index contributed by atoms with van der Waals surface area (Å²) >= 11 is 1.50. The third-order valence-electron chi connectivity index (χ3n) is 6.62. The van der Waals surface area contributed by atoms with Crippen molar-refractivity contribution in [1.82, 2.24) is 5.32 Å². The lowest BCUT2D eigenvalue weighted by atomic mass is 9.94. The number of para-hydroxylation sites is 2. The first-order chi connectivity index (χ1) is 18.0. The summed E-state index contributed by atoms with van der Waals surface area (Å²) in [5.41, 5.74) is 1.46. The number of hydrogen-bond donors (Lipinski definition) is 1. The van der Waals surface area contributed by atoms with Crippen LogP contribution in [0.15, 0.2) is 66.0 Å². The number of anilines is 1. The van der Waals surface area contributed by atoms with Crippen molar-refractivity contribution < 1.29 is 23.9 Å². The Morgan fingerprint density at radius 2 is 1.70 bits per heavy atom. The molecule has 0 radical (unpaired) electrons. The van der Waals surface area contributed by atoms with Crippen LogP contribution in [0, 0.1) is 0 Å². The molecular formula is C29H32N2O5S. The van der Waals surface area contributed by atoms with E-state index in [1.165, 1.54) is 23.3 Å². The number of hydrogen-bond acceptors (Lipinski definition) is 6. The molecule has 0 saturated heterocycles. The Morgan fingerprint density at radius 1 is 0.973 bits per heavy atom. The highest BCUT2D eigenvalue weighted by molar-refractivity contribution is 7.10. The van der Waals surface area contributed by atoms with Gasteiger partial charge in [-0.05, 0) is 54.1 Å². The van der Waals surface area contributed by atoms with E-state index >= 15 is 0 Å². The molecular weight excluding hydrogens is 488 g/mol. The third-order valence-corrected chi connectivity index (χ3v) is 7.50. The van der Waals surface area contributed by atoms with Gasteiger partial charge >= 0.3 is 5.97 Å². The number of esters is 1. The second-order valence-corrected chi connectivity index (χ2v) is 10.1. The molecule has 3 aromatic rings. The summed E-state index contributed by atoms with van der Waals surface area (Å²) in [7, 11) is 2.87. The Hall–Kier alpha value is -3.65. The van der Waals surface area contributed by atoms with Gasteiger partial charge in [-0.2, -0.15) is 0 Å². The molecule has 7 nitrogen and oxygen atoms in total. The van der Waals surface area contributed by atoms with E-state index in [2.05, 4.69) is 5.32 Å². The van der Waals surface area contributed by atoms with E-state index in [-0.39, 0.29) is 24.3 Å². The molecule has 2 amide bonds. The Labute approximate surface area is 221 Å². The van der Waals surface area contributed by atoms with Gasteiger partial charge in [-0.15, -0.1) is 11.3 Å². The standard InChI is InChI=1S/C29H32N2O5S/c1-35-25-13-7-6-12-24(25)31(26(32)19-23-11-8-18-37-23)27(28(33)30-22-9-4-3-5-10-22)20-14-16-21(17-15-20)29(34)36-2/h6-8,11-18,22,27H,3-5,9-10,19H2,1-2H3,(H,30,33)/t27-/m0/s1. The molecule has 1 aliphatic carbocycles. The molecule has 8 heteroatoms. The molecule has 1 N–H and O–H groups in total. The van der Waals surface area contributed by atoms with Crippen LogP contribution in [-0.2, 0) is 20.7 Å². The van der Waals surface area contributed by atoms with Crippen LogP contribution in [0.25, 0.3) is 0 Å². The number of thiophene rings is 1. The molecule has 37 heavy (non-hydrogen) atoms. The largest absolute Gasteiger partial charge is 0.495 e. The first-order valence-corrected chi connectivity index (χ1v) is 13.4. The summed E-state index contributed by atoms with van der Waals surface area (Å²) in [6.07, 6.45) is 5.27. The van der Waals surface area contributed by atoms with Crippen molar-refractivity contribution in [3.63, 3.8) is 0 Å².